The van der Waals surface area contributed by atoms with Crippen LogP contribution in [0, 0.1) is 0 Å². The zero-order valence-electron chi connectivity index (χ0n) is 16.4. The van der Waals surface area contributed by atoms with Gasteiger partial charge in [-0.05, 0) is 30.3 Å². The summed E-state index contributed by atoms with van der Waals surface area (Å²) in [6, 6.07) is 11.8. The molecule has 0 radical (unpaired) electrons. The first-order valence-corrected chi connectivity index (χ1v) is 9.33. The number of anilines is 1. The van der Waals surface area contributed by atoms with Crippen molar-refractivity contribution in [2.45, 2.75) is 6.54 Å². The van der Waals surface area contributed by atoms with Crippen LogP contribution in [0.25, 0.3) is 11.0 Å². The van der Waals surface area contributed by atoms with Crippen molar-refractivity contribution in [1.29, 1.82) is 0 Å². The molecule has 0 saturated heterocycles. The number of rotatable bonds is 7. The molecular weight excluding hydrogens is 396 g/mol. The maximum absolute atomic E-state index is 12.5. The number of ether oxygens (including phenoxy) is 2. The second-order valence-corrected chi connectivity index (χ2v) is 7.09. The van der Waals surface area contributed by atoms with Gasteiger partial charge in [0.25, 0.3) is 5.91 Å². The Hall–Kier alpha value is -3.03. The van der Waals surface area contributed by atoms with Crippen molar-refractivity contribution >= 4 is 34.2 Å². The fourth-order valence-corrected chi connectivity index (χ4v) is 3.29. The van der Waals surface area contributed by atoms with Gasteiger partial charge in [-0.3, -0.25) is 4.79 Å². The smallest absolute Gasteiger partial charge is 0.336 e. The molecule has 1 amide bonds. The lowest BCUT2D eigenvalue weighted by atomic mass is 10.1. The molecule has 1 atom stereocenters. The summed E-state index contributed by atoms with van der Waals surface area (Å²) in [5.74, 6) is 0.936. The number of methoxy groups -OCH3 is 2. The van der Waals surface area contributed by atoms with Crippen LogP contribution in [0.5, 0.6) is 11.5 Å². The molecule has 8 heteroatoms. The molecular formula is C21H22ClN2O5+. The summed E-state index contributed by atoms with van der Waals surface area (Å²) in [6.45, 7) is 0.655. The molecule has 3 rings (SSSR count). The average Bonchev–Trinajstić information content (AvgIpc) is 2.67. The van der Waals surface area contributed by atoms with Gasteiger partial charge in [-0.15, -0.1) is 0 Å². The molecule has 1 aromatic heterocycles. The molecule has 0 spiro atoms. The van der Waals surface area contributed by atoms with Gasteiger partial charge in [0.05, 0.1) is 27.0 Å². The van der Waals surface area contributed by atoms with Crippen LogP contribution in [-0.4, -0.2) is 33.7 Å². The number of quaternary nitrogens is 1. The van der Waals surface area contributed by atoms with Gasteiger partial charge in [-0.2, -0.15) is 0 Å². The molecule has 0 aliphatic carbocycles. The molecule has 2 aromatic carbocycles. The number of halogens is 1. The molecule has 152 valence electrons. The SMILES string of the molecule is COc1ccc2c(C[NH+](C)CC(=O)Nc3cc(Cl)ccc3OC)cc(=O)oc2c1. The molecule has 7 nitrogen and oxygen atoms in total. The highest BCUT2D eigenvalue weighted by molar-refractivity contribution is 6.31. The normalized spacial score (nSPS) is 11.9. The van der Waals surface area contributed by atoms with E-state index in [1.807, 2.05) is 13.1 Å². The van der Waals surface area contributed by atoms with E-state index in [1.165, 1.54) is 13.2 Å². The predicted molar refractivity (Wildman–Crippen MR) is 111 cm³/mol. The first kappa shape index (κ1) is 20.7. The van der Waals surface area contributed by atoms with Gasteiger partial charge in [0, 0.05) is 28.1 Å². The Morgan fingerprint density at radius 3 is 2.66 bits per heavy atom. The summed E-state index contributed by atoms with van der Waals surface area (Å²) < 4.78 is 15.7. The molecule has 0 fully saturated rings. The monoisotopic (exact) mass is 417 g/mol. The molecule has 0 saturated carbocycles. The number of hydrogen-bond donors (Lipinski definition) is 2. The van der Waals surface area contributed by atoms with Gasteiger partial charge in [0.2, 0.25) is 0 Å². The van der Waals surface area contributed by atoms with Crippen LogP contribution in [-0.2, 0) is 11.3 Å². The zero-order chi connectivity index (χ0) is 21.0. The van der Waals surface area contributed by atoms with Gasteiger partial charge in [-0.1, -0.05) is 11.6 Å². The van der Waals surface area contributed by atoms with E-state index in [0.29, 0.717) is 34.3 Å². The van der Waals surface area contributed by atoms with Gasteiger partial charge in [0.15, 0.2) is 6.54 Å². The standard InChI is InChI=1S/C21H21ClN2O5/c1-24(12-20(25)23-17-9-14(22)4-7-18(17)28-3)11-13-8-21(26)29-19-10-15(27-2)5-6-16(13)19/h4-10H,11-12H2,1-3H3,(H,23,25)/p+1. The summed E-state index contributed by atoms with van der Waals surface area (Å²) in [7, 11) is 4.95. The third-order valence-corrected chi connectivity index (χ3v) is 4.66. The van der Waals surface area contributed by atoms with Crippen LogP contribution in [0.4, 0.5) is 5.69 Å². The maximum Gasteiger partial charge on any atom is 0.336 e. The van der Waals surface area contributed by atoms with E-state index in [2.05, 4.69) is 5.32 Å². The highest BCUT2D eigenvalue weighted by atomic mass is 35.5. The lowest BCUT2D eigenvalue weighted by Crippen LogP contribution is -3.08. The summed E-state index contributed by atoms with van der Waals surface area (Å²) in [4.78, 5) is 25.3. The number of benzene rings is 2. The Balaban J connectivity index is 1.74. The second-order valence-electron chi connectivity index (χ2n) is 6.66. The zero-order valence-corrected chi connectivity index (χ0v) is 17.1. The van der Waals surface area contributed by atoms with Crippen molar-refractivity contribution in [2.75, 3.05) is 33.1 Å². The summed E-state index contributed by atoms with van der Waals surface area (Å²) >= 11 is 6.00. The number of carbonyl (C=O) groups is 1. The molecule has 3 aromatic rings. The molecule has 2 N–H and O–H groups in total. The lowest BCUT2D eigenvalue weighted by Gasteiger charge is -2.16. The topological polar surface area (TPSA) is 82.2 Å². The summed E-state index contributed by atoms with van der Waals surface area (Å²) in [6.07, 6.45) is 0. The average molecular weight is 418 g/mol. The number of amides is 1. The van der Waals surface area contributed by atoms with Crippen molar-refractivity contribution in [3.8, 4) is 11.5 Å². The summed E-state index contributed by atoms with van der Waals surface area (Å²) in [5.41, 5.74) is 1.31. The molecule has 0 aliphatic rings. The molecule has 1 unspecified atom stereocenters. The predicted octanol–water partition coefficient (Wildman–Crippen LogP) is 2.12. The number of hydrogen-bond acceptors (Lipinski definition) is 5. The molecule has 0 aliphatic heterocycles. The van der Waals surface area contributed by atoms with Crippen LogP contribution in [0.1, 0.15) is 5.56 Å². The van der Waals surface area contributed by atoms with Gasteiger partial charge >= 0.3 is 5.63 Å². The third-order valence-electron chi connectivity index (χ3n) is 4.43. The Morgan fingerprint density at radius 2 is 1.93 bits per heavy atom. The van der Waals surface area contributed by atoms with E-state index in [-0.39, 0.29) is 12.5 Å². The third kappa shape index (κ3) is 5.07. The van der Waals surface area contributed by atoms with Crippen molar-refractivity contribution in [2.24, 2.45) is 0 Å². The summed E-state index contributed by atoms with van der Waals surface area (Å²) in [5, 5.41) is 4.12. The first-order chi connectivity index (χ1) is 13.9. The maximum atomic E-state index is 12.5. The number of carbonyl (C=O) groups excluding carboxylic acids is 1. The minimum atomic E-state index is -0.443. The highest BCUT2D eigenvalue weighted by Gasteiger charge is 2.16. The van der Waals surface area contributed by atoms with Crippen molar-refractivity contribution in [1.82, 2.24) is 0 Å². The number of nitrogens with one attached hydrogen (secondary N) is 2. The number of fused-ring (bicyclic) bond motifs is 1. The Bertz CT molecular complexity index is 1100. The van der Waals surface area contributed by atoms with E-state index in [0.717, 1.165) is 15.8 Å². The van der Waals surface area contributed by atoms with E-state index >= 15 is 0 Å². The largest absolute Gasteiger partial charge is 0.497 e. The fourth-order valence-electron chi connectivity index (χ4n) is 3.12. The fraction of sp³-hybridized carbons (Fsp3) is 0.238. The van der Waals surface area contributed by atoms with Crippen molar-refractivity contribution in [3.05, 3.63) is 63.5 Å². The van der Waals surface area contributed by atoms with E-state index in [9.17, 15) is 9.59 Å². The van der Waals surface area contributed by atoms with Crippen LogP contribution < -0.4 is 25.3 Å². The van der Waals surface area contributed by atoms with Crippen LogP contribution in [0.2, 0.25) is 5.02 Å². The molecule has 29 heavy (non-hydrogen) atoms. The van der Waals surface area contributed by atoms with Gasteiger partial charge < -0.3 is 24.1 Å². The molecule has 1 heterocycles. The van der Waals surface area contributed by atoms with E-state index < -0.39 is 5.63 Å². The van der Waals surface area contributed by atoms with E-state index in [1.54, 1.807) is 37.4 Å². The highest BCUT2D eigenvalue weighted by Crippen LogP contribution is 2.27. The second kappa shape index (κ2) is 8.98. The van der Waals surface area contributed by atoms with Crippen LogP contribution in [0.3, 0.4) is 0 Å². The minimum absolute atomic E-state index is 0.188. The van der Waals surface area contributed by atoms with Crippen molar-refractivity contribution in [3.63, 3.8) is 0 Å². The lowest BCUT2D eigenvalue weighted by molar-refractivity contribution is -0.885. The van der Waals surface area contributed by atoms with Crippen LogP contribution in [0.15, 0.2) is 51.7 Å². The Morgan fingerprint density at radius 1 is 1.14 bits per heavy atom. The van der Waals surface area contributed by atoms with Crippen molar-refractivity contribution < 1.29 is 23.6 Å². The number of likely N-dealkylation sites (N-methyl/N-ethyl adjacent to an activating group) is 1. The minimum Gasteiger partial charge on any atom is -0.497 e. The van der Waals surface area contributed by atoms with Crippen LogP contribution >= 0.6 is 11.6 Å². The van der Waals surface area contributed by atoms with E-state index in [4.69, 9.17) is 25.5 Å². The Kier molecular flexibility index (Phi) is 6.41. The Labute approximate surface area is 172 Å². The molecule has 0 bridgehead atoms. The van der Waals surface area contributed by atoms with Gasteiger partial charge in [0.1, 0.15) is 23.6 Å². The quantitative estimate of drug-likeness (QED) is 0.575. The first-order valence-electron chi connectivity index (χ1n) is 8.95. The van der Waals surface area contributed by atoms with Gasteiger partial charge in [-0.25, -0.2) is 4.79 Å².